The van der Waals surface area contributed by atoms with Gasteiger partial charge in [-0.25, -0.2) is 13.2 Å². The van der Waals surface area contributed by atoms with Crippen LogP contribution in [0.3, 0.4) is 0 Å². The van der Waals surface area contributed by atoms with Crippen LogP contribution in [0.5, 0.6) is 6.01 Å². The lowest BCUT2D eigenvalue weighted by molar-refractivity contribution is 0.312. The first kappa shape index (κ1) is 14.0. The first-order chi connectivity index (χ1) is 9.55. The van der Waals surface area contributed by atoms with Crippen LogP contribution in [0, 0.1) is 17.5 Å². The Hall–Kier alpha value is -2.38. The normalized spacial score (nSPS) is 10.4. The molecule has 0 bridgehead atoms. The number of rotatable bonds is 4. The third kappa shape index (κ3) is 2.79. The summed E-state index contributed by atoms with van der Waals surface area (Å²) in [4.78, 5) is 11.6. The molecule has 106 valence electrons. The van der Waals surface area contributed by atoms with Crippen molar-refractivity contribution in [2.75, 3.05) is 19.0 Å². The number of hydrogen-bond donors (Lipinski definition) is 1. The SMILES string of the molecule is CCOc1nc(NC)nc(-c2cc(F)c(F)cc2F)n1. The Morgan fingerprint density at radius 1 is 1.05 bits per heavy atom. The van der Waals surface area contributed by atoms with Crippen LogP contribution in [0.15, 0.2) is 12.1 Å². The molecule has 0 aliphatic carbocycles. The second-order valence-electron chi connectivity index (χ2n) is 3.69. The van der Waals surface area contributed by atoms with Gasteiger partial charge >= 0.3 is 6.01 Å². The van der Waals surface area contributed by atoms with Gasteiger partial charge in [0, 0.05) is 13.1 Å². The van der Waals surface area contributed by atoms with Gasteiger partial charge in [-0.2, -0.15) is 15.0 Å². The van der Waals surface area contributed by atoms with Crippen molar-refractivity contribution in [2.24, 2.45) is 0 Å². The van der Waals surface area contributed by atoms with E-state index in [1.807, 2.05) is 0 Å². The number of ether oxygens (including phenoxy) is 1. The standard InChI is InChI=1S/C12H11F3N4O/c1-3-20-12-18-10(17-11(16-2)19-12)6-4-8(14)9(15)5-7(6)13/h4-5H,3H2,1-2H3,(H,16,17,18,19). The minimum atomic E-state index is -1.28. The van der Waals surface area contributed by atoms with E-state index >= 15 is 0 Å². The van der Waals surface area contributed by atoms with E-state index in [9.17, 15) is 13.2 Å². The van der Waals surface area contributed by atoms with Crippen molar-refractivity contribution < 1.29 is 17.9 Å². The van der Waals surface area contributed by atoms with Gasteiger partial charge in [0.2, 0.25) is 5.95 Å². The molecule has 0 spiro atoms. The molecule has 0 unspecified atom stereocenters. The average Bonchev–Trinajstić information content (AvgIpc) is 2.42. The summed E-state index contributed by atoms with van der Waals surface area (Å²) in [7, 11) is 1.55. The van der Waals surface area contributed by atoms with E-state index in [1.165, 1.54) is 0 Å². The van der Waals surface area contributed by atoms with Crippen molar-refractivity contribution in [3.8, 4) is 17.4 Å². The van der Waals surface area contributed by atoms with E-state index in [0.29, 0.717) is 18.7 Å². The van der Waals surface area contributed by atoms with Gasteiger partial charge in [-0.3, -0.25) is 0 Å². The molecule has 0 saturated carbocycles. The quantitative estimate of drug-likeness (QED) is 0.874. The largest absolute Gasteiger partial charge is 0.464 e. The zero-order chi connectivity index (χ0) is 14.7. The number of anilines is 1. The first-order valence-electron chi connectivity index (χ1n) is 5.76. The molecule has 0 fully saturated rings. The fourth-order valence-electron chi connectivity index (χ4n) is 1.48. The van der Waals surface area contributed by atoms with Crippen molar-refractivity contribution >= 4 is 5.95 Å². The van der Waals surface area contributed by atoms with Crippen LogP contribution in [-0.4, -0.2) is 28.6 Å². The number of nitrogens with zero attached hydrogens (tertiary/aromatic N) is 3. The van der Waals surface area contributed by atoms with Crippen molar-refractivity contribution in [1.29, 1.82) is 0 Å². The Balaban J connectivity index is 2.56. The molecular formula is C12H11F3N4O. The molecule has 8 heteroatoms. The molecule has 2 rings (SSSR count). The van der Waals surface area contributed by atoms with Gasteiger partial charge in [-0.1, -0.05) is 0 Å². The highest BCUT2D eigenvalue weighted by molar-refractivity contribution is 5.57. The van der Waals surface area contributed by atoms with Gasteiger partial charge < -0.3 is 10.1 Å². The molecule has 1 aromatic carbocycles. The van der Waals surface area contributed by atoms with E-state index in [4.69, 9.17) is 4.74 Å². The number of nitrogens with one attached hydrogen (secondary N) is 1. The minimum absolute atomic E-state index is 0.0361. The maximum absolute atomic E-state index is 13.7. The van der Waals surface area contributed by atoms with Gasteiger partial charge in [0.1, 0.15) is 5.82 Å². The average molecular weight is 284 g/mol. The molecule has 2 aromatic rings. The molecule has 5 nitrogen and oxygen atoms in total. The number of benzene rings is 1. The molecule has 0 saturated heterocycles. The van der Waals surface area contributed by atoms with Crippen LogP contribution in [0.1, 0.15) is 6.92 Å². The molecule has 0 aliphatic rings. The summed E-state index contributed by atoms with van der Waals surface area (Å²) < 4.78 is 44.9. The molecule has 1 N–H and O–H groups in total. The Morgan fingerprint density at radius 2 is 1.75 bits per heavy atom. The topological polar surface area (TPSA) is 59.9 Å². The lowest BCUT2D eigenvalue weighted by Crippen LogP contribution is -2.06. The summed E-state index contributed by atoms with van der Waals surface area (Å²) >= 11 is 0. The maximum atomic E-state index is 13.7. The summed E-state index contributed by atoms with van der Waals surface area (Å²) in [5.41, 5.74) is -0.274. The highest BCUT2D eigenvalue weighted by Gasteiger charge is 2.16. The molecular weight excluding hydrogens is 273 g/mol. The minimum Gasteiger partial charge on any atom is -0.464 e. The first-order valence-corrected chi connectivity index (χ1v) is 5.76. The highest BCUT2D eigenvalue weighted by atomic mass is 19.2. The Bertz CT molecular complexity index is 636. The highest BCUT2D eigenvalue weighted by Crippen LogP contribution is 2.24. The van der Waals surface area contributed by atoms with Gasteiger partial charge in [-0.15, -0.1) is 0 Å². The lowest BCUT2D eigenvalue weighted by atomic mass is 10.2. The number of halogens is 3. The summed E-state index contributed by atoms with van der Waals surface area (Å²) in [5.74, 6) is -3.46. The van der Waals surface area contributed by atoms with Crippen molar-refractivity contribution in [3.05, 3.63) is 29.6 Å². The van der Waals surface area contributed by atoms with Gasteiger partial charge in [0.15, 0.2) is 17.5 Å². The summed E-state index contributed by atoms with van der Waals surface area (Å²) in [5, 5.41) is 2.65. The van der Waals surface area contributed by atoms with Gasteiger partial charge in [0.25, 0.3) is 0 Å². The third-order valence-electron chi connectivity index (χ3n) is 2.36. The monoisotopic (exact) mass is 284 g/mol. The summed E-state index contributed by atoms with van der Waals surface area (Å²) in [6.45, 7) is 2.02. The predicted octanol–water partition coefficient (Wildman–Crippen LogP) is 2.40. The molecule has 20 heavy (non-hydrogen) atoms. The van der Waals surface area contributed by atoms with E-state index in [2.05, 4.69) is 20.3 Å². The van der Waals surface area contributed by atoms with E-state index in [0.717, 1.165) is 0 Å². The Labute approximate surface area is 112 Å². The fraction of sp³-hybridized carbons (Fsp3) is 0.250. The van der Waals surface area contributed by atoms with Crippen molar-refractivity contribution in [3.63, 3.8) is 0 Å². The van der Waals surface area contributed by atoms with Crippen LogP contribution < -0.4 is 10.1 Å². The van der Waals surface area contributed by atoms with E-state index in [-0.39, 0.29) is 23.3 Å². The van der Waals surface area contributed by atoms with Crippen LogP contribution in [0.4, 0.5) is 19.1 Å². The zero-order valence-corrected chi connectivity index (χ0v) is 10.7. The third-order valence-corrected chi connectivity index (χ3v) is 2.36. The van der Waals surface area contributed by atoms with E-state index in [1.54, 1.807) is 14.0 Å². The molecule has 0 aliphatic heterocycles. The molecule has 0 radical (unpaired) electrons. The molecule has 0 amide bonds. The Kier molecular flexibility index (Phi) is 4.02. The van der Waals surface area contributed by atoms with Crippen molar-refractivity contribution in [1.82, 2.24) is 15.0 Å². The summed E-state index contributed by atoms with van der Waals surface area (Å²) in [6, 6.07) is 1.09. The molecule has 1 heterocycles. The Morgan fingerprint density at radius 3 is 2.40 bits per heavy atom. The predicted molar refractivity (Wildman–Crippen MR) is 65.9 cm³/mol. The van der Waals surface area contributed by atoms with Crippen LogP contribution >= 0.6 is 0 Å². The smallest absolute Gasteiger partial charge is 0.321 e. The summed E-state index contributed by atoms with van der Waals surface area (Å²) in [6.07, 6.45) is 0. The van der Waals surface area contributed by atoms with E-state index < -0.39 is 17.5 Å². The fourth-order valence-corrected chi connectivity index (χ4v) is 1.48. The second kappa shape index (κ2) is 5.72. The number of hydrogen-bond acceptors (Lipinski definition) is 5. The second-order valence-corrected chi connectivity index (χ2v) is 3.69. The molecule has 1 aromatic heterocycles. The maximum Gasteiger partial charge on any atom is 0.321 e. The van der Waals surface area contributed by atoms with Crippen LogP contribution in [-0.2, 0) is 0 Å². The zero-order valence-electron chi connectivity index (χ0n) is 10.7. The van der Waals surface area contributed by atoms with Crippen LogP contribution in [0.25, 0.3) is 11.4 Å². The molecule has 0 atom stereocenters. The van der Waals surface area contributed by atoms with Crippen LogP contribution in [0.2, 0.25) is 0 Å². The van der Waals surface area contributed by atoms with Gasteiger partial charge in [0.05, 0.1) is 12.2 Å². The van der Waals surface area contributed by atoms with Crippen molar-refractivity contribution in [2.45, 2.75) is 6.92 Å². The van der Waals surface area contributed by atoms with Gasteiger partial charge in [-0.05, 0) is 13.0 Å². The lowest BCUT2D eigenvalue weighted by Gasteiger charge is -2.08. The number of aromatic nitrogens is 3.